The van der Waals surface area contributed by atoms with Crippen LogP contribution in [0.1, 0.15) is 20.7 Å². The summed E-state index contributed by atoms with van der Waals surface area (Å²) in [6, 6.07) is 22.8. The van der Waals surface area contributed by atoms with E-state index in [1.807, 2.05) is 60.7 Å². The second kappa shape index (κ2) is 7.24. The van der Waals surface area contributed by atoms with Gasteiger partial charge in [-0.15, -0.1) is 0 Å². The molecule has 4 aromatic rings. The number of benzene rings is 3. The summed E-state index contributed by atoms with van der Waals surface area (Å²) in [6.45, 7) is 0. The molecule has 0 saturated heterocycles. The van der Waals surface area contributed by atoms with Gasteiger partial charge in [-0.25, -0.2) is 0 Å². The van der Waals surface area contributed by atoms with E-state index in [0.29, 0.717) is 16.8 Å². The van der Waals surface area contributed by atoms with Gasteiger partial charge in [0.15, 0.2) is 0 Å². The van der Waals surface area contributed by atoms with Gasteiger partial charge in [0.2, 0.25) is 0 Å². The minimum absolute atomic E-state index is 0.0369. The zero-order chi connectivity index (χ0) is 22.4. The zero-order valence-electron chi connectivity index (χ0n) is 16.7. The molecule has 3 aromatic carbocycles. The lowest BCUT2D eigenvalue weighted by Gasteiger charge is -2.17. The van der Waals surface area contributed by atoms with Crippen molar-refractivity contribution in [3.8, 4) is 33.7 Å². The van der Waals surface area contributed by atoms with Gasteiger partial charge in [0.05, 0.1) is 16.8 Å². The highest BCUT2D eigenvalue weighted by Gasteiger charge is 2.32. The first-order valence-corrected chi connectivity index (χ1v) is 9.85. The van der Waals surface area contributed by atoms with Gasteiger partial charge in [0.1, 0.15) is 11.6 Å². The number of imide groups is 1. The Bertz CT molecular complexity index is 1400. The highest BCUT2D eigenvalue weighted by Crippen LogP contribution is 2.40. The number of hydrogen-bond donors (Lipinski definition) is 3. The number of anilines is 1. The third-order valence-corrected chi connectivity index (χ3v) is 5.48. The minimum Gasteiger partial charge on any atom is -0.507 e. The third kappa shape index (κ3) is 2.95. The van der Waals surface area contributed by atoms with Crippen molar-refractivity contribution in [1.29, 1.82) is 0 Å². The molecule has 1 aliphatic heterocycles. The number of pyridine rings is 1. The summed E-state index contributed by atoms with van der Waals surface area (Å²) in [5.41, 5.74) is 8.41. The standard InChI is InChI=1S/C25H17N3O4/c26-23-21-19(24(31)27-25(21)32)13-20(29)28(23)16-11-17(14-7-3-1-4-8-14)22(30)18(12-16)15-9-5-2-6-10-15/h1-13,30H,26H2,(H,27,31,32). The quantitative estimate of drug-likeness (QED) is 0.437. The SMILES string of the molecule is Nc1c2c(cc(=O)n1-c1cc(-c3ccccc3)c(O)c(-c3ccccc3)c1)C(=O)NC2=O. The van der Waals surface area contributed by atoms with E-state index in [2.05, 4.69) is 5.32 Å². The van der Waals surface area contributed by atoms with Crippen LogP contribution in [0.5, 0.6) is 5.75 Å². The minimum atomic E-state index is -0.651. The van der Waals surface area contributed by atoms with Gasteiger partial charge >= 0.3 is 0 Å². The fraction of sp³-hybridized carbons (Fsp3) is 0. The lowest BCUT2D eigenvalue weighted by atomic mass is 9.96. The number of nitrogens with one attached hydrogen (secondary N) is 1. The van der Waals surface area contributed by atoms with Gasteiger partial charge in [-0.3, -0.25) is 24.3 Å². The van der Waals surface area contributed by atoms with Crippen LogP contribution in [0.15, 0.2) is 83.7 Å². The van der Waals surface area contributed by atoms with Gasteiger partial charge in [0, 0.05) is 17.2 Å². The Hall–Kier alpha value is -4.65. The van der Waals surface area contributed by atoms with Crippen molar-refractivity contribution in [2.24, 2.45) is 0 Å². The maximum absolute atomic E-state index is 13.0. The van der Waals surface area contributed by atoms with Crippen LogP contribution in [0.25, 0.3) is 27.9 Å². The molecule has 0 fully saturated rings. The van der Waals surface area contributed by atoms with Crippen LogP contribution < -0.4 is 16.6 Å². The van der Waals surface area contributed by atoms with E-state index in [1.54, 1.807) is 12.1 Å². The average molecular weight is 423 g/mol. The van der Waals surface area contributed by atoms with Gasteiger partial charge in [0.25, 0.3) is 17.4 Å². The highest BCUT2D eigenvalue weighted by molar-refractivity contribution is 6.23. The van der Waals surface area contributed by atoms with E-state index in [1.165, 1.54) is 4.57 Å². The molecule has 7 heteroatoms. The molecule has 0 unspecified atom stereocenters. The number of amides is 2. The second-order valence-corrected chi connectivity index (χ2v) is 7.40. The molecule has 2 heterocycles. The average Bonchev–Trinajstić information content (AvgIpc) is 3.08. The van der Waals surface area contributed by atoms with E-state index in [9.17, 15) is 19.5 Å². The monoisotopic (exact) mass is 423 g/mol. The molecule has 2 amide bonds. The Morgan fingerprint density at radius 2 is 1.25 bits per heavy atom. The molecule has 0 spiro atoms. The first kappa shape index (κ1) is 19.3. The smallest absolute Gasteiger partial charge is 0.262 e. The van der Waals surface area contributed by atoms with E-state index < -0.39 is 17.4 Å². The van der Waals surface area contributed by atoms with Gasteiger partial charge in [-0.1, -0.05) is 60.7 Å². The lowest BCUT2D eigenvalue weighted by Crippen LogP contribution is -2.24. The summed E-state index contributed by atoms with van der Waals surface area (Å²) in [4.78, 5) is 37.2. The maximum Gasteiger partial charge on any atom is 0.262 e. The summed E-state index contributed by atoms with van der Waals surface area (Å²) < 4.78 is 1.18. The number of nitrogen functional groups attached to an aromatic ring is 1. The number of carbonyl (C=O) groups excluding carboxylic acids is 2. The van der Waals surface area contributed by atoms with Crippen LogP contribution in [0, 0.1) is 0 Å². The molecule has 5 rings (SSSR count). The van der Waals surface area contributed by atoms with Crippen molar-refractivity contribution < 1.29 is 14.7 Å². The van der Waals surface area contributed by atoms with Gasteiger partial charge in [-0.2, -0.15) is 0 Å². The molecule has 4 N–H and O–H groups in total. The summed E-state index contributed by atoms with van der Waals surface area (Å²) in [6.07, 6.45) is 0. The molecule has 7 nitrogen and oxygen atoms in total. The number of nitrogens with two attached hydrogens (primary N) is 1. The predicted molar refractivity (Wildman–Crippen MR) is 121 cm³/mol. The Morgan fingerprint density at radius 3 is 1.78 bits per heavy atom. The van der Waals surface area contributed by atoms with Crippen molar-refractivity contribution in [3.63, 3.8) is 0 Å². The van der Waals surface area contributed by atoms with Crippen LogP contribution in [0.2, 0.25) is 0 Å². The number of aromatic nitrogens is 1. The fourth-order valence-corrected chi connectivity index (χ4v) is 3.97. The van der Waals surface area contributed by atoms with Crippen molar-refractivity contribution >= 4 is 17.6 Å². The number of fused-ring (bicyclic) bond motifs is 1. The van der Waals surface area contributed by atoms with E-state index in [-0.39, 0.29) is 22.7 Å². The number of phenols is 1. The Balaban J connectivity index is 1.83. The second-order valence-electron chi connectivity index (χ2n) is 7.40. The zero-order valence-corrected chi connectivity index (χ0v) is 16.7. The third-order valence-electron chi connectivity index (χ3n) is 5.48. The van der Waals surface area contributed by atoms with E-state index in [0.717, 1.165) is 17.2 Å². The molecule has 0 saturated carbocycles. The molecule has 1 aliphatic rings. The summed E-state index contributed by atoms with van der Waals surface area (Å²) in [7, 11) is 0. The van der Waals surface area contributed by atoms with E-state index in [4.69, 9.17) is 5.73 Å². The van der Waals surface area contributed by atoms with E-state index >= 15 is 0 Å². The number of phenolic OH excluding ortho intramolecular Hbond substituents is 1. The molecule has 1 aromatic heterocycles. The number of rotatable bonds is 3. The Kier molecular flexibility index (Phi) is 4.37. The maximum atomic E-state index is 13.0. The van der Waals surface area contributed by atoms with Crippen LogP contribution in [-0.4, -0.2) is 21.5 Å². The van der Waals surface area contributed by atoms with Crippen LogP contribution in [-0.2, 0) is 0 Å². The van der Waals surface area contributed by atoms with Gasteiger partial charge < -0.3 is 10.8 Å². The normalized spacial score (nSPS) is 12.5. The van der Waals surface area contributed by atoms with Gasteiger partial charge in [-0.05, 0) is 23.3 Å². The Labute approximate surface area is 182 Å². The molecule has 156 valence electrons. The Morgan fingerprint density at radius 1 is 0.719 bits per heavy atom. The summed E-state index contributed by atoms with van der Waals surface area (Å²) >= 11 is 0. The van der Waals surface area contributed by atoms with Crippen molar-refractivity contribution in [2.75, 3.05) is 5.73 Å². The van der Waals surface area contributed by atoms with Crippen molar-refractivity contribution in [2.45, 2.75) is 0 Å². The van der Waals surface area contributed by atoms with Crippen molar-refractivity contribution in [3.05, 3.63) is 100 Å². The number of nitrogens with zero attached hydrogens (tertiary/aromatic N) is 1. The first-order valence-electron chi connectivity index (χ1n) is 9.85. The molecular weight excluding hydrogens is 406 g/mol. The largest absolute Gasteiger partial charge is 0.507 e. The number of aromatic hydroxyl groups is 1. The molecule has 0 bridgehead atoms. The fourth-order valence-electron chi connectivity index (χ4n) is 3.97. The number of carbonyl (C=O) groups is 2. The molecule has 32 heavy (non-hydrogen) atoms. The van der Waals surface area contributed by atoms with Crippen LogP contribution in [0.4, 0.5) is 5.82 Å². The molecule has 0 atom stereocenters. The molecule has 0 radical (unpaired) electrons. The topological polar surface area (TPSA) is 114 Å². The first-order chi connectivity index (χ1) is 15.5. The van der Waals surface area contributed by atoms with Crippen LogP contribution >= 0.6 is 0 Å². The molecular formula is C25H17N3O4. The van der Waals surface area contributed by atoms with Crippen molar-refractivity contribution in [1.82, 2.24) is 9.88 Å². The summed E-state index contributed by atoms with van der Waals surface area (Å²) in [5, 5.41) is 13.3. The van der Waals surface area contributed by atoms with Crippen LogP contribution in [0.3, 0.4) is 0 Å². The molecule has 0 aliphatic carbocycles. The lowest BCUT2D eigenvalue weighted by molar-refractivity contribution is 0.0880. The summed E-state index contributed by atoms with van der Waals surface area (Å²) in [5.74, 6) is -1.39. The number of hydrogen-bond acceptors (Lipinski definition) is 5. The highest BCUT2D eigenvalue weighted by atomic mass is 16.3. The predicted octanol–water partition coefficient (Wildman–Crippen LogP) is 3.34.